The van der Waals surface area contributed by atoms with Gasteiger partial charge in [-0.25, -0.2) is 9.78 Å². The van der Waals surface area contributed by atoms with Gasteiger partial charge >= 0.3 is 5.63 Å². The summed E-state index contributed by atoms with van der Waals surface area (Å²) in [4.78, 5) is 16.8. The van der Waals surface area contributed by atoms with Crippen molar-refractivity contribution in [3.63, 3.8) is 0 Å². The molecular weight excluding hydrogens is 352 g/mol. The number of hydrogen-bond donors (Lipinski definition) is 2. The number of aromatic nitrogens is 1. The summed E-state index contributed by atoms with van der Waals surface area (Å²) in [6.07, 6.45) is 0. The molecule has 0 aliphatic carbocycles. The van der Waals surface area contributed by atoms with Crippen molar-refractivity contribution in [1.29, 1.82) is 0 Å². The number of thiazole rings is 1. The molecule has 2 heterocycles. The van der Waals surface area contributed by atoms with Gasteiger partial charge in [0, 0.05) is 16.8 Å². The molecule has 6 nitrogen and oxygen atoms in total. The number of aromatic hydroxyl groups is 1. The monoisotopic (exact) mass is 366 g/mol. The third-order valence-corrected chi connectivity index (χ3v) is 4.61. The Kier molecular flexibility index (Phi) is 4.06. The summed E-state index contributed by atoms with van der Waals surface area (Å²) in [5, 5.41) is 15.8. The smallest absolute Gasteiger partial charge is 0.345 e. The minimum absolute atomic E-state index is 0.0466. The van der Waals surface area contributed by atoms with Crippen LogP contribution < -0.4 is 15.7 Å². The van der Waals surface area contributed by atoms with Crippen molar-refractivity contribution in [2.45, 2.75) is 0 Å². The average Bonchev–Trinajstić information content (AvgIpc) is 3.09. The van der Waals surface area contributed by atoms with Gasteiger partial charge in [-0.3, -0.25) is 0 Å². The Morgan fingerprint density at radius 3 is 2.88 bits per heavy atom. The molecule has 0 aliphatic rings. The Labute approximate surface area is 152 Å². The number of nitrogens with one attached hydrogen (secondary N) is 1. The first kappa shape index (κ1) is 16.2. The Hall–Kier alpha value is -3.32. The van der Waals surface area contributed by atoms with Gasteiger partial charge < -0.3 is 19.6 Å². The molecule has 4 aromatic rings. The van der Waals surface area contributed by atoms with Crippen LogP contribution in [0, 0.1) is 0 Å². The lowest BCUT2D eigenvalue weighted by Crippen LogP contribution is -2.03. The number of nitrogens with zero attached hydrogens (tertiary/aromatic N) is 1. The molecule has 0 radical (unpaired) electrons. The molecule has 2 aromatic carbocycles. The highest BCUT2D eigenvalue weighted by molar-refractivity contribution is 7.14. The third kappa shape index (κ3) is 3.00. The summed E-state index contributed by atoms with van der Waals surface area (Å²) >= 11 is 1.38. The van der Waals surface area contributed by atoms with Crippen LogP contribution in [0.4, 0.5) is 10.8 Å². The maximum Gasteiger partial charge on any atom is 0.345 e. The topological polar surface area (TPSA) is 84.6 Å². The van der Waals surface area contributed by atoms with E-state index >= 15 is 0 Å². The van der Waals surface area contributed by atoms with Crippen LogP contribution in [0.25, 0.3) is 22.2 Å². The summed E-state index contributed by atoms with van der Waals surface area (Å²) in [6, 6.07) is 13.9. The van der Waals surface area contributed by atoms with Crippen molar-refractivity contribution < 1.29 is 14.3 Å². The third-order valence-electron chi connectivity index (χ3n) is 3.85. The normalized spacial score (nSPS) is 10.8. The molecule has 0 bridgehead atoms. The second-order valence-electron chi connectivity index (χ2n) is 5.53. The van der Waals surface area contributed by atoms with Crippen LogP contribution in [0.1, 0.15) is 0 Å². The molecule has 26 heavy (non-hydrogen) atoms. The number of para-hydroxylation sites is 2. The van der Waals surface area contributed by atoms with E-state index in [1.165, 1.54) is 17.4 Å². The first-order valence-electron chi connectivity index (χ1n) is 7.77. The largest absolute Gasteiger partial charge is 0.508 e. The van der Waals surface area contributed by atoms with Crippen molar-refractivity contribution in [2.24, 2.45) is 0 Å². The van der Waals surface area contributed by atoms with Gasteiger partial charge in [0.15, 0.2) is 5.13 Å². The number of hydrogen-bond acceptors (Lipinski definition) is 7. The van der Waals surface area contributed by atoms with Crippen LogP contribution in [-0.4, -0.2) is 17.2 Å². The zero-order valence-electron chi connectivity index (χ0n) is 13.7. The molecule has 0 spiro atoms. The Balaban J connectivity index is 1.70. The molecule has 0 amide bonds. The molecule has 0 fully saturated rings. The molecular formula is C19H14N2O4S. The van der Waals surface area contributed by atoms with Gasteiger partial charge in [-0.1, -0.05) is 12.1 Å². The van der Waals surface area contributed by atoms with Crippen LogP contribution in [0.15, 0.2) is 63.1 Å². The minimum Gasteiger partial charge on any atom is -0.508 e. The fraction of sp³-hybridized carbons (Fsp3) is 0.0526. The summed E-state index contributed by atoms with van der Waals surface area (Å²) in [6.45, 7) is 0. The Morgan fingerprint density at radius 1 is 1.19 bits per heavy atom. The molecule has 0 saturated heterocycles. The van der Waals surface area contributed by atoms with Gasteiger partial charge in [0.2, 0.25) is 0 Å². The number of phenolic OH excluding ortho intramolecular Hbond substituents is 1. The van der Waals surface area contributed by atoms with E-state index in [0.717, 1.165) is 5.69 Å². The van der Waals surface area contributed by atoms with Gasteiger partial charge in [-0.15, -0.1) is 11.3 Å². The molecule has 2 N–H and O–H groups in total. The van der Waals surface area contributed by atoms with E-state index in [9.17, 15) is 9.90 Å². The quantitative estimate of drug-likeness (QED) is 0.522. The zero-order chi connectivity index (χ0) is 18.1. The molecule has 130 valence electrons. The first-order chi connectivity index (χ1) is 12.6. The van der Waals surface area contributed by atoms with E-state index in [2.05, 4.69) is 10.3 Å². The lowest BCUT2D eigenvalue weighted by molar-refractivity contribution is 0.417. The minimum atomic E-state index is -0.503. The van der Waals surface area contributed by atoms with Crippen molar-refractivity contribution in [3.05, 3.63) is 64.3 Å². The lowest BCUT2D eigenvalue weighted by atomic mass is 10.1. The highest BCUT2D eigenvalue weighted by Gasteiger charge is 2.13. The second-order valence-corrected chi connectivity index (χ2v) is 6.39. The molecule has 2 aromatic heterocycles. The average molecular weight is 366 g/mol. The van der Waals surface area contributed by atoms with Crippen molar-refractivity contribution in [1.82, 2.24) is 4.98 Å². The molecule has 0 aliphatic heterocycles. The van der Waals surface area contributed by atoms with E-state index in [0.29, 0.717) is 33.1 Å². The number of anilines is 2. The maximum atomic E-state index is 12.3. The first-order valence-corrected chi connectivity index (χ1v) is 8.65. The highest BCUT2D eigenvalue weighted by atomic mass is 32.1. The summed E-state index contributed by atoms with van der Waals surface area (Å²) in [5.41, 5.74) is 1.51. The van der Waals surface area contributed by atoms with Crippen LogP contribution in [-0.2, 0) is 0 Å². The zero-order valence-corrected chi connectivity index (χ0v) is 14.5. The number of benzene rings is 2. The molecule has 0 saturated carbocycles. The highest BCUT2D eigenvalue weighted by Crippen LogP contribution is 2.31. The fourth-order valence-electron chi connectivity index (χ4n) is 2.60. The maximum absolute atomic E-state index is 12.3. The van der Waals surface area contributed by atoms with Gasteiger partial charge in [0.05, 0.1) is 24.1 Å². The number of rotatable bonds is 4. The summed E-state index contributed by atoms with van der Waals surface area (Å²) in [5.74, 6) is 0.750. The summed E-state index contributed by atoms with van der Waals surface area (Å²) in [7, 11) is 1.60. The molecule has 0 atom stereocenters. The van der Waals surface area contributed by atoms with Crippen molar-refractivity contribution in [3.8, 4) is 22.8 Å². The van der Waals surface area contributed by atoms with E-state index in [1.54, 1.807) is 30.7 Å². The molecule has 7 heteroatoms. The van der Waals surface area contributed by atoms with Gasteiger partial charge in [0.1, 0.15) is 17.1 Å². The molecule has 0 unspecified atom stereocenters. The van der Waals surface area contributed by atoms with Crippen LogP contribution >= 0.6 is 11.3 Å². The SMILES string of the molecule is COc1ccccc1Nc1nc(-c2cc3ccc(O)cc3oc2=O)cs1. The standard InChI is InChI=1S/C19H14N2O4S/c1-24-16-5-3-2-4-14(16)20-19-21-15(10-26-19)13-8-11-6-7-12(22)9-17(11)25-18(13)23/h2-10,22H,1H3,(H,20,21). The predicted octanol–water partition coefficient (Wildman–Crippen LogP) is 4.37. The van der Waals surface area contributed by atoms with Crippen LogP contribution in [0.5, 0.6) is 11.5 Å². The molecule has 4 rings (SSSR count). The van der Waals surface area contributed by atoms with Gasteiger partial charge in [0.25, 0.3) is 0 Å². The van der Waals surface area contributed by atoms with Gasteiger partial charge in [-0.05, 0) is 30.3 Å². The van der Waals surface area contributed by atoms with Crippen LogP contribution in [0.2, 0.25) is 0 Å². The lowest BCUT2D eigenvalue weighted by Gasteiger charge is -2.08. The van der Waals surface area contributed by atoms with E-state index in [1.807, 2.05) is 24.3 Å². The second kappa shape index (κ2) is 6.53. The van der Waals surface area contributed by atoms with E-state index < -0.39 is 5.63 Å². The number of phenols is 1. The van der Waals surface area contributed by atoms with Crippen molar-refractivity contribution >= 4 is 33.1 Å². The number of fused-ring (bicyclic) bond motifs is 1. The Morgan fingerprint density at radius 2 is 2.04 bits per heavy atom. The van der Waals surface area contributed by atoms with E-state index in [-0.39, 0.29) is 5.75 Å². The Bertz CT molecular complexity index is 1150. The van der Waals surface area contributed by atoms with Crippen LogP contribution in [0.3, 0.4) is 0 Å². The predicted molar refractivity (Wildman–Crippen MR) is 102 cm³/mol. The summed E-state index contributed by atoms with van der Waals surface area (Å²) < 4.78 is 10.6. The van der Waals surface area contributed by atoms with Crippen molar-refractivity contribution in [2.75, 3.05) is 12.4 Å². The fourth-order valence-corrected chi connectivity index (χ4v) is 3.32. The number of ether oxygens (including phenoxy) is 1. The number of methoxy groups -OCH3 is 1. The van der Waals surface area contributed by atoms with E-state index in [4.69, 9.17) is 9.15 Å². The van der Waals surface area contributed by atoms with Gasteiger partial charge in [-0.2, -0.15) is 0 Å².